The Morgan fingerprint density at radius 2 is 1.68 bits per heavy atom. The number of rotatable bonds is 3. The van der Waals surface area contributed by atoms with Crippen LogP contribution >= 0.6 is 11.3 Å². The molecule has 7 nitrogen and oxygen atoms in total. The van der Waals surface area contributed by atoms with Gasteiger partial charge in [-0.25, -0.2) is 4.98 Å². The van der Waals surface area contributed by atoms with Crippen LogP contribution in [0.3, 0.4) is 0 Å². The number of aromatic nitrogens is 1. The van der Waals surface area contributed by atoms with E-state index in [2.05, 4.69) is 41.5 Å². The van der Waals surface area contributed by atoms with Crippen molar-refractivity contribution in [2.24, 2.45) is 0 Å². The Hall–Kier alpha value is -2.45. The molecule has 2 heterocycles. The van der Waals surface area contributed by atoms with Crippen LogP contribution in [0.4, 0.5) is 5.13 Å². The molecule has 28 heavy (non-hydrogen) atoms. The van der Waals surface area contributed by atoms with Gasteiger partial charge in [-0.1, -0.05) is 44.2 Å². The van der Waals surface area contributed by atoms with Crippen molar-refractivity contribution in [3.05, 3.63) is 46.0 Å². The van der Waals surface area contributed by atoms with Crippen molar-refractivity contribution in [2.75, 3.05) is 31.2 Å². The van der Waals surface area contributed by atoms with Gasteiger partial charge >= 0.3 is 0 Å². The highest BCUT2D eigenvalue weighted by atomic mass is 32.1. The first-order valence-corrected chi connectivity index (χ1v) is 10.1. The van der Waals surface area contributed by atoms with Crippen LogP contribution in [0, 0.1) is 6.92 Å². The normalized spacial score (nSPS) is 14.6. The van der Waals surface area contributed by atoms with E-state index in [1.807, 2.05) is 12.1 Å². The number of nitrogens with zero attached hydrogens (tertiary/aromatic N) is 2. The molecular formula is C20H26N4O3S. The predicted octanol–water partition coefficient (Wildman–Crippen LogP) is 2.66. The lowest BCUT2D eigenvalue weighted by molar-refractivity contribution is 0.0848. The number of morpholine rings is 1. The maximum absolute atomic E-state index is 12.5. The quantitative estimate of drug-likeness (QED) is 0.771. The molecule has 1 aromatic heterocycles. The number of aryl methyl sites for hydroxylation is 1. The van der Waals surface area contributed by atoms with Crippen LogP contribution in [0.2, 0.25) is 0 Å². The summed E-state index contributed by atoms with van der Waals surface area (Å²) < 4.78 is 5.35. The molecule has 1 saturated heterocycles. The van der Waals surface area contributed by atoms with E-state index in [1.54, 1.807) is 19.1 Å². The molecule has 2 N–H and O–H groups in total. The fraction of sp³-hybridized carbons (Fsp3) is 0.450. The Morgan fingerprint density at radius 1 is 1.07 bits per heavy atom. The number of hydrogen-bond donors (Lipinski definition) is 2. The van der Waals surface area contributed by atoms with Gasteiger partial charge in [0.1, 0.15) is 4.88 Å². The van der Waals surface area contributed by atoms with Gasteiger partial charge in [-0.05, 0) is 30.0 Å². The minimum atomic E-state index is -0.367. The summed E-state index contributed by atoms with van der Waals surface area (Å²) in [7, 11) is 0. The molecule has 150 valence electrons. The standard InChI is InChI=1S/C20H26N4O3S/c1-13-16(28-19(21-13)24-9-11-27-12-10-24)18(26)23-22-17(25)14-5-7-15(8-6-14)20(2,3)4/h5-8H,9-12H2,1-4H3,(H,22,25)(H,23,26). The zero-order valence-corrected chi connectivity index (χ0v) is 17.5. The number of benzene rings is 1. The van der Waals surface area contributed by atoms with Gasteiger partial charge in [0.05, 0.1) is 18.9 Å². The second-order valence-electron chi connectivity index (χ2n) is 7.75. The molecule has 8 heteroatoms. The number of carbonyl (C=O) groups is 2. The number of hydrazine groups is 1. The third-order valence-corrected chi connectivity index (χ3v) is 5.79. The monoisotopic (exact) mass is 402 g/mol. The highest BCUT2D eigenvalue weighted by Crippen LogP contribution is 2.26. The number of hydrogen-bond acceptors (Lipinski definition) is 6. The first kappa shape index (κ1) is 20.3. The van der Waals surface area contributed by atoms with Crippen molar-refractivity contribution >= 4 is 28.3 Å². The van der Waals surface area contributed by atoms with Crippen LogP contribution in [-0.2, 0) is 10.2 Å². The van der Waals surface area contributed by atoms with Crippen molar-refractivity contribution in [3.63, 3.8) is 0 Å². The third kappa shape index (κ3) is 4.69. The molecule has 0 atom stereocenters. The summed E-state index contributed by atoms with van der Waals surface area (Å²) in [5.41, 5.74) is 7.26. The summed E-state index contributed by atoms with van der Waals surface area (Å²) in [6.07, 6.45) is 0. The maximum Gasteiger partial charge on any atom is 0.281 e. The van der Waals surface area contributed by atoms with Gasteiger partial charge in [-0.2, -0.15) is 0 Å². The Balaban J connectivity index is 1.60. The summed E-state index contributed by atoms with van der Waals surface area (Å²) in [5.74, 6) is -0.724. The fourth-order valence-corrected chi connectivity index (χ4v) is 3.86. The SMILES string of the molecule is Cc1nc(N2CCOCC2)sc1C(=O)NNC(=O)c1ccc(C(C)(C)C)cc1. The lowest BCUT2D eigenvalue weighted by atomic mass is 9.87. The molecule has 2 aromatic rings. The lowest BCUT2D eigenvalue weighted by Gasteiger charge is -2.25. The Labute approximate surface area is 169 Å². The van der Waals surface area contributed by atoms with Gasteiger partial charge < -0.3 is 9.64 Å². The van der Waals surface area contributed by atoms with Crippen LogP contribution in [0.5, 0.6) is 0 Å². The summed E-state index contributed by atoms with van der Waals surface area (Å²) in [6.45, 7) is 11.0. The minimum absolute atomic E-state index is 0.0190. The summed E-state index contributed by atoms with van der Waals surface area (Å²) in [6, 6.07) is 7.38. The Kier molecular flexibility index (Phi) is 6.00. The number of amides is 2. The van der Waals surface area contributed by atoms with Gasteiger partial charge in [0.25, 0.3) is 11.8 Å². The van der Waals surface area contributed by atoms with Crippen LogP contribution in [0.25, 0.3) is 0 Å². The average molecular weight is 403 g/mol. The van der Waals surface area contributed by atoms with E-state index in [4.69, 9.17) is 4.74 Å². The second kappa shape index (κ2) is 8.28. The van der Waals surface area contributed by atoms with Crippen molar-refractivity contribution in [3.8, 4) is 0 Å². The lowest BCUT2D eigenvalue weighted by Crippen LogP contribution is -2.41. The number of nitrogens with one attached hydrogen (secondary N) is 2. The second-order valence-corrected chi connectivity index (χ2v) is 8.72. The van der Waals surface area contributed by atoms with Gasteiger partial charge in [0.15, 0.2) is 5.13 Å². The first-order chi connectivity index (χ1) is 13.3. The highest BCUT2D eigenvalue weighted by molar-refractivity contribution is 7.17. The van der Waals surface area contributed by atoms with E-state index in [1.165, 1.54) is 11.3 Å². The third-order valence-electron chi connectivity index (χ3n) is 4.58. The minimum Gasteiger partial charge on any atom is -0.378 e. The molecule has 0 radical (unpaired) electrons. The van der Waals surface area contributed by atoms with E-state index in [9.17, 15) is 9.59 Å². The van der Waals surface area contributed by atoms with Gasteiger partial charge in [0.2, 0.25) is 0 Å². The molecule has 0 saturated carbocycles. The summed E-state index contributed by atoms with van der Waals surface area (Å²) in [4.78, 5) is 31.9. The molecule has 0 bridgehead atoms. The van der Waals surface area contributed by atoms with E-state index in [-0.39, 0.29) is 17.2 Å². The molecule has 1 fully saturated rings. The van der Waals surface area contributed by atoms with Crippen molar-refractivity contribution < 1.29 is 14.3 Å². The molecular weight excluding hydrogens is 376 g/mol. The van der Waals surface area contributed by atoms with E-state index in [0.29, 0.717) is 29.3 Å². The molecule has 3 rings (SSSR count). The molecule has 2 amide bonds. The van der Waals surface area contributed by atoms with Crippen molar-refractivity contribution in [2.45, 2.75) is 33.1 Å². The predicted molar refractivity (Wildman–Crippen MR) is 110 cm³/mol. The molecule has 1 aromatic carbocycles. The first-order valence-electron chi connectivity index (χ1n) is 9.27. The average Bonchev–Trinajstić information content (AvgIpc) is 3.08. The topological polar surface area (TPSA) is 83.6 Å². The number of thiazole rings is 1. The smallest absolute Gasteiger partial charge is 0.281 e. The van der Waals surface area contributed by atoms with E-state index < -0.39 is 0 Å². The number of carbonyl (C=O) groups excluding carboxylic acids is 2. The Bertz CT molecular complexity index is 849. The molecule has 1 aliphatic rings. The molecule has 0 unspecified atom stereocenters. The molecule has 0 aliphatic carbocycles. The number of anilines is 1. The van der Waals surface area contributed by atoms with Gasteiger partial charge in [-0.15, -0.1) is 0 Å². The zero-order chi connectivity index (χ0) is 20.3. The highest BCUT2D eigenvalue weighted by Gasteiger charge is 2.21. The van der Waals surface area contributed by atoms with Crippen LogP contribution in [0.1, 0.15) is 52.1 Å². The van der Waals surface area contributed by atoms with Crippen LogP contribution in [-0.4, -0.2) is 43.1 Å². The summed E-state index contributed by atoms with van der Waals surface area (Å²) in [5, 5.41) is 0.801. The van der Waals surface area contributed by atoms with Crippen LogP contribution in [0.15, 0.2) is 24.3 Å². The number of ether oxygens (including phenoxy) is 1. The summed E-state index contributed by atoms with van der Waals surface area (Å²) >= 11 is 1.32. The van der Waals surface area contributed by atoms with Crippen molar-refractivity contribution in [1.82, 2.24) is 15.8 Å². The fourth-order valence-electron chi connectivity index (χ4n) is 2.85. The Morgan fingerprint density at radius 3 is 2.29 bits per heavy atom. The zero-order valence-electron chi connectivity index (χ0n) is 16.7. The van der Waals surface area contributed by atoms with E-state index >= 15 is 0 Å². The molecule has 0 spiro atoms. The van der Waals surface area contributed by atoms with Crippen molar-refractivity contribution in [1.29, 1.82) is 0 Å². The van der Waals surface area contributed by atoms with Gasteiger partial charge in [-0.3, -0.25) is 20.4 Å². The largest absolute Gasteiger partial charge is 0.378 e. The molecule has 1 aliphatic heterocycles. The maximum atomic E-state index is 12.5. The van der Waals surface area contributed by atoms with Gasteiger partial charge in [0, 0.05) is 18.7 Å². The van der Waals surface area contributed by atoms with Crippen LogP contribution < -0.4 is 15.8 Å². The van der Waals surface area contributed by atoms with E-state index in [0.717, 1.165) is 23.8 Å².